The highest BCUT2D eigenvalue weighted by atomic mass is 32.2. The molecule has 5 nitrogen and oxygen atoms in total. The number of methoxy groups -OCH3 is 2. The molecular formula is C21H25FN2O3S. The van der Waals surface area contributed by atoms with Gasteiger partial charge in [0.25, 0.3) is 0 Å². The fraction of sp³-hybridized carbons (Fsp3) is 0.381. The Balaban J connectivity index is 1.43. The van der Waals surface area contributed by atoms with Crippen molar-refractivity contribution in [3.63, 3.8) is 0 Å². The molecule has 3 rings (SSSR count). The number of carbonyl (C=O) groups excluding carboxylic acids is 1. The van der Waals surface area contributed by atoms with Crippen molar-refractivity contribution in [1.82, 2.24) is 9.80 Å². The molecule has 1 heterocycles. The molecule has 0 spiro atoms. The Morgan fingerprint density at radius 3 is 2.36 bits per heavy atom. The fourth-order valence-corrected chi connectivity index (χ4v) is 3.93. The van der Waals surface area contributed by atoms with Gasteiger partial charge in [-0.25, -0.2) is 4.39 Å². The maximum atomic E-state index is 13.8. The van der Waals surface area contributed by atoms with Crippen LogP contribution >= 0.6 is 11.8 Å². The van der Waals surface area contributed by atoms with E-state index >= 15 is 0 Å². The lowest BCUT2D eigenvalue weighted by molar-refractivity contribution is -0.130. The van der Waals surface area contributed by atoms with E-state index in [4.69, 9.17) is 9.47 Å². The summed E-state index contributed by atoms with van der Waals surface area (Å²) in [6.45, 7) is 3.63. The van der Waals surface area contributed by atoms with Crippen LogP contribution in [0.5, 0.6) is 11.5 Å². The van der Waals surface area contributed by atoms with E-state index in [2.05, 4.69) is 4.90 Å². The van der Waals surface area contributed by atoms with Gasteiger partial charge in [-0.3, -0.25) is 9.69 Å². The summed E-state index contributed by atoms with van der Waals surface area (Å²) in [6.07, 6.45) is 0. The first kappa shape index (κ1) is 20.5. The minimum Gasteiger partial charge on any atom is -0.497 e. The predicted octanol–water partition coefficient (Wildman–Crippen LogP) is 3.28. The SMILES string of the molecule is COc1ccc(SCC(=O)N2CCN(Cc3ccc(OC)c(F)c3)CC2)cc1. The largest absolute Gasteiger partial charge is 0.497 e. The molecule has 1 aliphatic rings. The second kappa shape index (κ2) is 9.80. The lowest BCUT2D eigenvalue weighted by Gasteiger charge is -2.34. The molecule has 1 aliphatic heterocycles. The average Bonchev–Trinajstić information content (AvgIpc) is 2.73. The number of benzene rings is 2. The number of rotatable bonds is 7. The summed E-state index contributed by atoms with van der Waals surface area (Å²) in [7, 11) is 3.09. The molecule has 0 bridgehead atoms. The molecule has 0 unspecified atom stereocenters. The van der Waals surface area contributed by atoms with Crippen LogP contribution in [0.1, 0.15) is 5.56 Å². The first-order valence-electron chi connectivity index (χ1n) is 9.18. The average molecular weight is 405 g/mol. The highest BCUT2D eigenvalue weighted by Crippen LogP contribution is 2.22. The number of hydrogen-bond donors (Lipinski definition) is 0. The summed E-state index contributed by atoms with van der Waals surface area (Å²) >= 11 is 1.54. The predicted molar refractivity (Wildman–Crippen MR) is 109 cm³/mol. The Kier molecular flexibility index (Phi) is 7.17. The Labute approximate surface area is 169 Å². The molecule has 0 atom stereocenters. The van der Waals surface area contributed by atoms with Crippen molar-refractivity contribution in [2.24, 2.45) is 0 Å². The quantitative estimate of drug-likeness (QED) is 0.663. The first-order valence-corrected chi connectivity index (χ1v) is 10.2. The van der Waals surface area contributed by atoms with Crippen molar-refractivity contribution in [3.8, 4) is 11.5 Å². The van der Waals surface area contributed by atoms with E-state index in [1.807, 2.05) is 35.2 Å². The van der Waals surface area contributed by atoms with Crippen LogP contribution in [0.25, 0.3) is 0 Å². The molecule has 150 valence electrons. The number of carbonyl (C=O) groups is 1. The molecule has 0 aromatic heterocycles. The van der Waals surface area contributed by atoms with Crippen LogP contribution in [0.15, 0.2) is 47.4 Å². The minimum atomic E-state index is -0.343. The van der Waals surface area contributed by atoms with Gasteiger partial charge >= 0.3 is 0 Å². The number of halogens is 1. The van der Waals surface area contributed by atoms with Gasteiger partial charge in [-0.2, -0.15) is 0 Å². The fourth-order valence-electron chi connectivity index (χ4n) is 3.13. The number of amides is 1. The molecule has 1 amide bonds. The first-order chi connectivity index (χ1) is 13.6. The van der Waals surface area contributed by atoms with E-state index in [0.29, 0.717) is 25.4 Å². The molecule has 1 saturated heterocycles. The number of hydrogen-bond acceptors (Lipinski definition) is 5. The Bertz CT molecular complexity index is 793. The van der Waals surface area contributed by atoms with Gasteiger partial charge in [0.2, 0.25) is 5.91 Å². The monoisotopic (exact) mass is 404 g/mol. The van der Waals surface area contributed by atoms with Gasteiger partial charge in [0.05, 0.1) is 20.0 Å². The van der Waals surface area contributed by atoms with Gasteiger partial charge in [0.15, 0.2) is 11.6 Å². The van der Waals surface area contributed by atoms with Crippen LogP contribution in [-0.4, -0.2) is 61.9 Å². The molecule has 1 fully saturated rings. The number of thioether (sulfide) groups is 1. The summed E-state index contributed by atoms with van der Waals surface area (Å²) < 4.78 is 23.9. The number of ether oxygens (including phenoxy) is 2. The normalized spacial score (nSPS) is 14.8. The van der Waals surface area contributed by atoms with Crippen molar-refractivity contribution < 1.29 is 18.7 Å². The molecule has 2 aromatic rings. The lowest BCUT2D eigenvalue weighted by Crippen LogP contribution is -2.48. The van der Waals surface area contributed by atoms with Crippen LogP contribution in [0, 0.1) is 5.82 Å². The molecule has 0 aliphatic carbocycles. The van der Waals surface area contributed by atoms with Crippen LogP contribution < -0.4 is 9.47 Å². The Morgan fingerprint density at radius 2 is 1.75 bits per heavy atom. The van der Waals surface area contributed by atoms with Gasteiger partial charge in [0, 0.05) is 37.6 Å². The van der Waals surface area contributed by atoms with Crippen molar-refractivity contribution in [2.45, 2.75) is 11.4 Å². The molecule has 0 N–H and O–H groups in total. The molecule has 2 aromatic carbocycles. The Hall–Kier alpha value is -2.25. The standard InChI is InChI=1S/C21H25FN2O3S/c1-26-17-4-6-18(7-5-17)28-15-21(25)24-11-9-23(10-12-24)14-16-3-8-20(27-2)19(22)13-16/h3-8,13H,9-12,14-15H2,1-2H3. The second-order valence-corrected chi connectivity index (χ2v) is 7.64. The third-order valence-electron chi connectivity index (χ3n) is 4.77. The Morgan fingerprint density at radius 1 is 1.04 bits per heavy atom. The van der Waals surface area contributed by atoms with Crippen molar-refractivity contribution in [3.05, 3.63) is 53.8 Å². The van der Waals surface area contributed by atoms with Crippen LogP contribution in [0.4, 0.5) is 4.39 Å². The molecule has 0 radical (unpaired) electrons. The van der Waals surface area contributed by atoms with E-state index in [0.717, 1.165) is 29.3 Å². The number of nitrogens with zero attached hydrogens (tertiary/aromatic N) is 2. The van der Waals surface area contributed by atoms with Gasteiger partial charge in [-0.05, 0) is 42.0 Å². The van der Waals surface area contributed by atoms with Gasteiger partial charge in [-0.15, -0.1) is 11.8 Å². The highest BCUT2D eigenvalue weighted by Gasteiger charge is 2.21. The summed E-state index contributed by atoms with van der Waals surface area (Å²) in [6, 6.07) is 12.8. The third kappa shape index (κ3) is 5.39. The number of piperazine rings is 1. The van der Waals surface area contributed by atoms with Crippen molar-refractivity contribution in [1.29, 1.82) is 0 Å². The van der Waals surface area contributed by atoms with Crippen molar-refractivity contribution in [2.75, 3.05) is 46.2 Å². The maximum absolute atomic E-state index is 13.8. The summed E-state index contributed by atoms with van der Waals surface area (Å²) in [4.78, 5) is 17.7. The van der Waals surface area contributed by atoms with Crippen molar-refractivity contribution >= 4 is 17.7 Å². The third-order valence-corrected chi connectivity index (χ3v) is 5.77. The molecular weight excluding hydrogens is 379 g/mol. The summed E-state index contributed by atoms with van der Waals surface area (Å²) in [5, 5.41) is 0. The molecule has 7 heteroatoms. The zero-order valence-corrected chi connectivity index (χ0v) is 17.0. The second-order valence-electron chi connectivity index (χ2n) is 6.59. The molecule has 0 saturated carbocycles. The van der Waals surface area contributed by atoms with Gasteiger partial charge in [-0.1, -0.05) is 6.07 Å². The summed E-state index contributed by atoms with van der Waals surface area (Å²) in [5.41, 5.74) is 0.910. The zero-order valence-electron chi connectivity index (χ0n) is 16.2. The summed E-state index contributed by atoms with van der Waals surface area (Å²) in [5.74, 6) is 1.30. The smallest absolute Gasteiger partial charge is 0.233 e. The highest BCUT2D eigenvalue weighted by molar-refractivity contribution is 8.00. The van der Waals surface area contributed by atoms with E-state index < -0.39 is 0 Å². The minimum absolute atomic E-state index is 0.149. The lowest BCUT2D eigenvalue weighted by atomic mass is 10.2. The van der Waals surface area contributed by atoms with Gasteiger partial charge < -0.3 is 14.4 Å². The van der Waals surface area contributed by atoms with E-state index in [9.17, 15) is 9.18 Å². The zero-order chi connectivity index (χ0) is 19.9. The molecule has 28 heavy (non-hydrogen) atoms. The van der Waals surface area contributed by atoms with Gasteiger partial charge in [0.1, 0.15) is 5.75 Å². The topological polar surface area (TPSA) is 42.0 Å². The van der Waals surface area contributed by atoms with Crippen LogP contribution in [0.3, 0.4) is 0 Å². The van der Waals surface area contributed by atoms with Crippen LogP contribution in [-0.2, 0) is 11.3 Å². The van der Waals surface area contributed by atoms with E-state index in [1.165, 1.54) is 24.9 Å². The van der Waals surface area contributed by atoms with E-state index in [1.54, 1.807) is 13.2 Å². The van der Waals surface area contributed by atoms with Crippen LogP contribution in [0.2, 0.25) is 0 Å². The maximum Gasteiger partial charge on any atom is 0.233 e. The van der Waals surface area contributed by atoms with E-state index in [-0.39, 0.29) is 17.5 Å².